The standard InChI is InChI=1S/C16H16N2O8S/c1-23-11-4-10(5-12(24-2)15(11)25-7-13(17)19)16(20)26-6-9-3-14(18(21)22)27-8-9/h3-5,8H,6-7H2,1-2H3,(H2,17,19). The van der Waals surface area contributed by atoms with Crippen LogP contribution >= 0.6 is 11.3 Å². The van der Waals surface area contributed by atoms with Crippen LogP contribution in [0.5, 0.6) is 17.2 Å². The van der Waals surface area contributed by atoms with Gasteiger partial charge in [-0.3, -0.25) is 14.9 Å². The Bertz CT molecular complexity index is 839. The van der Waals surface area contributed by atoms with E-state index in [4.69, 9.17) is 24.7 Å². The molecule has 1 amide bonds. The minimum Gasteiger partial charge on any atom is -0.493 e. The average molecular weight is 396 g/mol. The van der Waals surface area contributed by atoms with E-state index < -0.39 is 23.4 Å². The third kappa shape index (κ3) is 5.07. The second-order valence-electron chi connectivity index (χ2n) is 5.09. The molecular weight excluding hydrogens is 380 g/mol. The second-order valence-corrected chi connectivity index (χ2v) is 5.98. The number of carbonyl (C=O) groups excluding carboxylic acids is 2. The van der Waals surface area contributed by atoms with Crippen LogP contribution in [0.1, 0.15) is 15.9 Å². The maximum Gasteiger partial charge on any atom is 0.338 e. The summed E-state index contributed by atoms with van der Waals surface area (Å²) in [7, 11) is 2.71. The van der Waals surface area contributed by atoms with Crippen LogP contribution in [0, 0.1) is 10.1 Å². The van der Waals surface area contributed by atoms with E-state index in [1.807, 2.05) is 0 Å². The Morgan fingerprint density at radius 2 is 1.81 bits per heavy atom. The van der Waals surface area contributed by atoms with Gasteiger partial charge in [0.2, 0.25) is 5.75 Å². The number of methoxy groups -OCH3 is 2. The van der Waals surface area contributed by atoms with E-state index in [1.165, 1.54) is 37.8 Å². The number of nitro groups is 1. The number of amides is 1. The number of nitrogens with two attached hydrogens (primary N) is 1. The Morgan fingerprint density at radius 3 is 2.30 bits per heavy atom. The highest BCUT2D eigenvalue weighted by molar-refractivity contribution is 7.13. The fourth-order valence-electron chi connectivity index (χ4n) is 2.05. The summed E-state index contributed by atoms with van der Waals surface area (Å²) in [6.07, 6.45) is 0. The predicted octanol–water partition coefficient (Wildman–Crippen LogP) is 1.89. The fraction of sp³-hybridized carbons (Fsp3) is 0.250. The zero-order chi connectivity index (χ0) is 20.0. The maximum absolute atomic E-state index is 12.3. The van der Waals surface area contributed by atoms with Gasteiger partial charge >= 0.3 is 11.0 Å². The molecule has 0 aliphatic rings. The summed E-state index contributed by atoms with van der Waals surface area (Å²) in [6, 6.07) is 4.05. The molecule has 1 aromatic heterocycles. The number of rotatable bonds is 9. The van der Waals surface area contributed by atoms with Gasteiger partial charge in [-0.05, 0) is 12.1 Å². The van der Waals surface area contributed by atoms with Gasteiger partial charge < -0.3 is 24.7 Å². The van der Waals surface area contributed by atoms with Crippen LogP contribution in [-0.2, 0) is 16.1 Å². The summed E-state index contributed by atoms with van der Waals surface area (Å²) in [4.78, 5) is 33.4. The molecule has 2 rings (SSSR count). The Morgan fingerprint density at radius 1 is 1.19 bits per heavy atom. The molecule has 0 bridgehead atoms. The zero-order valence-corrected chi connectivity index (χ0v) is 15.2. The van der Waals surface area contributed by atoms with Crippen molar-refractivity contribution in [3.05, 3.63) is 44.8 Å². The van der Waals surface area contributed by atoms with Crippen LogP contribution in [0.3, 0.4) is 0 Å². The first-order valence-corrected chi connectivity index (χ1v) is 8.29. The first-order valence-electron chi connectivity index (χ1n) is 7.41. The highest BCUT2D eigenvalue weighted by Gasteiger charge is 2.20. The van der Waals surface area contributed by atoms with Crippen molar-refractivity contribution < 1.29 is 33.5 Å². The van der Waals surface area contributed by atoms with Crippen molar-refractivity contribution >= 4 is 28.2 Å². The normalized spacial score (nSPS) is 10.1. The van der Waals surface area contributed by atoms with Crippen molar-refractivity contribution in [3.8, 4) is 17.2 Å². The van der Waals surface area contributed by atoms with Gasteiger partial charge in [0.1, 0.15) is 6.61 Å². The van der Waals surface area contributed by atoms with Gasteiger partial charge in [0.05, 0.1) is 24.7 Å². The zero-order valence-electron chi connectivity index (χ0n) is 14.4. The van der Waals surface area contributed by atoms with Gasteiger partial charge in [-0.15, -0.1) is 0 Å². The van der Waals surface area contributed by atoms with E-state index in [9.17, 15) is 19.7 Å². The van der Waals surface area contributed by atoms with E-state index in [-0.39, 0.29) is 34.4 Å². The lowest BCUT2D eigenvalue weighted by molar-refractivity contribution is -0.380. The molecule has 10 nitrogen and oxygen atoms in total. The largest absolute Gasteiger partial charge is 0.493 e. The SMILES string of the molecule is COc1cc(C(=O)OCc2csc([N+](=O)[O-])c2)cc(OC)c1OCC(N)=O. The van der Waals surface area contributed by atoms with Crippen LogP contribution in [0.25, 0.3) is 0 Å². The van der Waals surface area contributed by atoms with E-state index in [0.717, 1.165) is 11.3 Å². The fourth-order valence-corrected chi connectivity index (χ4v) is 2.76. The number of thiophene rings is 1. The highest BCUT2D eigenvalue weighted by atomic mass is 32.1. The molecule has 0 saturated heterocycles. The van der Waals surface area contributed by atoms with Gasteiger partial charge in [0.15, 0.2) is 18.1 Å². The molecule has 0 saturated carbocycles. The minimum atomic E-state index is -0.693. The number of ether oxygens (including phenoxy) is 4. The van der Waals surface area contributed by atoms with E-state index in [2.05, 4.69) is 0 Å². The number of carbonyl (C=O) groups is 2. The molecule has 0 radical (unpaired) electrons. The summed E-state index contributed by atoms with van der Waals surface area (Å²) >= 11 is 0.942. The lowest BCUT2D eigenvalue weighted by Crippen LogP contribution is -2.20. The molecule has 2 aromatic rings. The van der Waals surface area contributed by atoms with Gasteiger partial charge in [0, 0.05) is 17.0 Å². The van der Waals surface area contributed by atoms with Gasteiger partial charge in [-0.25, -0.2) is 4.79 Å². The summed E-state index contributed by atoms with van der Waals surface area (Å²) in [5.41, 5.74) is 5.67. The number of hydrogen-bond acceptors (Lipinski definition) is 9. The Labute approximate surface area is 157 Å². The van der Waals surface area contributed by atoms with E-state index in [1.54, 1.807) is 0 Å². The Kier molecular flexibility index (Phi) is 6.55. The first kappa shape index (κ1) is 20.0. The summed E-state index contributed by atoms with van der Waals surface area (Å²) in [5, 5.41) is 12.2. The Hall–Kier alpha value is -3.34. The highest BCUT2D eigenvalue weighted by Crippen LogP contribution is 2.38. The molecule has 0 spiro atoms. The monoisotopic (exact) mass is 396 g/mol. The molecule has 0 aliphatic carbocycles. The van der Waals surface area contributed by atoms with Crippen LogP contribution in [-0.4, -0.2) is 37.6 Å². The number of hydrogen-bond donors (Lipinski definition) is 1. The molecule has 27 heavy (non-hydrogen) atoms. The molecular formula is C16H16N2O8S. The molecule has 0 fully saturated rings. The molecule has 1 heterocycles. The van der Waals surface area contributed by atoms with E-state index >= 15 is 0 Å². The van der Waals surface area contributed by atoms with E-state index in [0.29, 0.717) is 5.56 Å². The molecule has 11 heteroatoms. The number of primary amides is 1. The minimum absolute atomic E-state index is 0.0414. The molecule has 144 valence electrons. The smallest absolute Gasteiger partial charge is 0.338 e. The molecule has 0 aliphatic heterocycles. The van der Waals surface area contributed by atoms with Gasteiger partial charge in [0.25, 0.3) is 5.91 Å². The van der Waals surface area contributed by atoms with Crippen molar-refractivity contribution in [1.82, 2.24) is 0 Å². The van der Waals surface area contributed by atoms with Crippen molar-refractivity contribution in [1.29, 1.82) is 0 Å². The average Bonchev–Trinajstić information content (AvgIpc) is 3.12. The van der Waals surface area contributed by atoms with Crippen molar-refractivity contribution in [3.63, 3.8) is 0 Å². The Balaban J connectivity index is 2.17. The summed E-state index contributed by atoms with van der Waals surface area (Å²) in [5.74, 6) is -0.972. The van der Waals surface area contributed by atoms with Gasteiger partial charge in [-0.1, -0.05) is 11.3 Å². The maximum atomic E-state index is 12.3. The third-order valence-corrected chi connectivity index (χ3v) is 4.17. The van der Waals surface area contributed by atoms with Crippen LogP contribution < -0.4 is 19.9 Å². The van der Waals surface area contributed by atoms with Crippen LogP contribution in [0.15, 0.2) is 23.6 Å². The predicted molar refractivity (Wildman–Crippen MR) is 94.3 cm³/mol. The number of benzene rings is 1. The van der Waals surface area contributed by atoms with Crippen LogP contribution in [0.4, 0.5) is 5.00 Å². The van der Waals surface area contributed by atoms with Crippen molar-refractivity contribution in [2.24, 2.45) is 5.73 Å². The second kappa shape index (κ2) is 8.85. The summed E-state index contributed by atoms with van der Waals surface area (Å²) < 4.78 is 20.8. The molecule has 1 aromatic carbocycles. The number of nitrogens with zero attached hydrogens (tertiary/aromatic N) is 1. The van der Waals surface area contributed by atoms with Crippen LogP contribution in [0.2, 0.25) is 0 Å². The summed E-state index contributed by atoms with van der Waals surface area (Å²) in [6.45, 7) is -0.527. The molecule has 0 unspecified atom stereocenters. The van der Waals surface area contributed by atoms with Crippen molar-refractivity contribution in [2.45, 2.75) is 6.61 Å². The topological polar surface area (TPSA) is 140 Å². The lowest BCUT2D eigenvalue weighted by atomic mass is 10.2. The third-order valence-electron chi connectivity index (χ3n) is 3.24. The lowest BCUT2D eigenvalue weighted by Gasteiger charge is -2.15. The molecule has 2 N–H and O–H groups in total. The first-order chi connectivity index (χ1) is 12.8. The quantitative estimate of drug-likeness (QED) is 0.385. The molecule has 0 atom stereocenters. The van der Waals surface area contributed by atoms with Crippen molar-refractivity contribution in [2.75, 3.05) is 20.8 Å². The van der Waals surface area contributed by atoms with Gasteiger partial charge in [-0.2, -0.15) is 0 Å². The number of esters is 1.